The lowest BCUT2D eigenvalue weighted by Gasteiger charge is -2.37. The lowest BCUT2D eigenvalue weighted by Crippen LogP contribution is -2.47. The van der Waals surface area contributed by atoms with Gasteiger partial charge in [-0.05, 0) is 130 Å². The first-order chi connectivity index (χ1) is 29.0. The van der Waals surface area contributed by atoms with Gasteiger partial charge in [0.15, 0.2) is 0 Å². The van der Waals surface area contributed by atoms with Gasteiger partial charge in [0.25, 0.3) is 21.6 Å². The van der Waals surface area contributed by atoms with Crippen molar-refractivity contribution in [1.29, 1.82) is 0 Å². The van der Waals surface area contributed by atoms with Gasteiger partial charge < -0.3 is 15.1 Å². The number of nitrogens with zero attached hydrogens (tertiary/aromatic N) is 4. The molecule has 1 fully saturated rings. The summed E-state index contributed by atoms with van der Waals surface area (Å²) in [4.78, 5) is 32.9. The van der Waals surface area contributed by atoms with Gasteiger partial charge in [-0.3, -0.25) is 19.8 Å². The summed E-state index contributed by atoms with van der Waals surface area (Å²) in [6, 6.07) is 28.7. The number of thioether (sulfide) groups is 1. The molecule has 1 amide bonds. The summed E-state index contributed by atoms with van der Waals surface area (Å²) < 4.78 is 29.1. The Kier molecular flexibility index (Phi) is 16.5. The molecule has 2 N–H and O–H groups in total. The van der Waals surface area contributed by atoms with Crippen LogP contribution in [0.1, 0.15) is 74.7 Å². The van der Waals surface area contributed by atoms with E-state index in [-0.39, 0.29) is 27.9 Å². The molecule has 0 aromatic heterocycles. The maximum atomic E-state index is 13.5. The van der Waals surface area contributed by atoms with Crippen LogP contribution in [0, 0.1) is 10.1 Å². The molecule has 1 saturated heterocycles. The SMILES string of the molecule is CCCN(CCC)CC[C@H](CSc1ccccc1)Nc1ccc(S(=O)(=O)NC(=O)c2ccc(N3CCN(CC4=C(c5ccc(Cl)cc5)CCCC4)CC3)cc2)cc1[N+](=O)[O-]. The van der Waals surface area contributed by atoms with E-state index in [1.807, 2.05) is 54.6 Å². The fraction of sp³-hybridized carbons (Fsp3) is 0.413. The fourth-order valence-corrected chi connectivity index (χ4v) is 10.1. The second-order valence-electron chi connectivity index (χ2n) is 15.6. The van der Waals surface area contributed by atoms with Crippen LogP contribution in [-0.4, -0.2) is 93.2 Å². The van der Waals surface area contributed by atoms with Gasteiger partial charge in [0, 0.05) is 78.3 Å². The van der Waals surface area contributed by atoms with Crippen molar-refractivity contribution >= 4 is 61.9 Å². The normalized spacial score (nSPS) is 15.6. The highest BCUT2D eigenvalue weighted by Crippen LogP contribution is 2.34. The van der Waals surface area contributed by atoms with Crippen LogP contribution in [0.2, 0.25) is 5.02 Å². The summed E-state index contributed by atoms with van der Waals surface area (Å²) in [6.45, 7) is 11.5. The Balaban J connectivity index is 1.07. The van der Waals surface area contributed by atoms with Gasteiger partial charge in [0.05, 0.1) is 9.82 Å². The lowest BCUT2D eigenvalue weighted by atomic mass is 9.87. The number of allylic oxidation sites excluding steroid dienone is 1. The highest BCUT2D eigenvalue weighted by Gasteiger charge is 2.26. The van der Waals surface area contributed by atoms with Crippen LogP contribution in [0.4, 0.5) is 17.1 Å². The Morgan fingerprint density at radius 1 is 0.883 bits per heavy atom. The van der Waals surface area contributed by atoms with Gasteiger partial charge >= 0.3 is 0 Å². The standard InChI is InChI=1S/C46H57ClN6O5S2/c1-3-25-50(26-4-2)27-24-39(34-59-41-11-6-5-7-12-41)48-44-23-22-42(32-45(44)53(55)56)60(57,58)49-46(54)36-16-20-40(21-17-36)52-30-28-51(29-31-52)33-37-10-8-9-13-43(37)35-14-18-38(47)19-15-35/h5-7,11-12,14-23,32,39,48H,3-4,8-10,13,24-31,33-34H2,1-2H3,(H,49,54)/t39-/m1/s1. The average Bonchev–Trinajstić information content (AvgIpc) is 3.25. The molecule has 2 aliphatic rings. The number of hydrogen-bond donors (Lipinski definition) is 2. The molecule has 4 aromatic rings. The highest BCUT2D eigenvalue weighted by atomic mass is 35.5. The number of hydrogen-bond acceptors (Lipinski definition) is 10. The summed E-state index contributed by atoms with van der Waals surface area (Å²) in [5, 5.41) is 16.5. The minimum atomic E-state index is -4.43. The third-order valence-corrected chi connectivity index (χ3v) is 13.9. The van der Waals surface area contributed by atoms with Crippen LogP contribution in [0.5, 0.6) is 0 Å². The van der Waals surface area contributed by atoms with Crippen molar-refractivity contribution in [3.8, 4) is 0 Å². The smallest absolute Gasteiger partial charge is 0.293 e. The maximum absolute atomic E-state index is 13.5. The number of nitro benzene ring substituents is 1. The monoisotopic (exact) mass is 872 g/mol. The predicted octanol–water partition coefficient (Wildman–Crippen LogP) is 9.60. The zero-order valence-corrected chi connectivity index (χ0v) is 37.0. The number of carbonyl (C=O) groups excluding carboxylic acids is 1. The molecule has 1 heterocycles. The second kappa shape index (κ2) is 21.9. The summed E-state index contributed by atoms with van der Waals surface area (Å²) in [7, 11) is -4.43. The van der Waals surface area contributed by atoms with Crippen LogP contribution >= 0.6 is 23.4 Å². The number of sulfonamides is 1. The van der Waals surface area contributed by atoms with E-state index >= 15 is 0 Å². The van der Waals surface area contributed by atoms with Crippen LogP contribution in [0.15, 0.2) is 112 Å². The molecule has 6 rings (SSSR count). The van der Waals surface area contributed by atoms with E-state index in [1.165, 1.54) is 41.7 Å². The van der Waals surface area contributed by atoms with Gasteiger partial charge in [-0.2, -0.15) is 0 Å². The number of carbonyl (C=O) groups is 1. The number of rotatable bonds is 20. The van der Waals surface area contributed by atoms with E-state index in [0.717, 1.165) is 106 Å². The second-order valence-corrected chi connectivity index (χ2v) is 18.8. The lowest BCUT2D eigenvalue weighted by molar-refractivity contribution is -0.384. The molecule has 14 heteroatoms. The van der Waals surface area contributed by atoms with Crippen molar-refractivity contribution in [1.82, 2.24) is 14.5 Å². The number of amides is 1. The number of halogens is 1. The largest absolute Gasteiger partial charge is 0.376 e. The molecule has 1 aliphatic heterocycles. The molecule has 0 spiro atoms. The Morgan fingerprint density at radius 3 is 2.23 bits per heavy atom. The van der Waals surface area contributed by atoms with Crippen LogP contribution in [0.3, 0.4) is 0 Å². The maximum Gasteiger partial charge on any atom is 0.293 e. The van der Waals surface area contributed by atoms with Crippen LogP contribution < -0.4 is 14.9 Å². The summed E-state index contributed by atoms with van der Waals surface area (Å²) in [5.41, 5.74) is 5.21. The summed E-state index contributed by atoms with van der Waals surface area (Å²) in [6.07, 6.45) is 7.43. The zero-order chi connectivity index (χ0) is 42.5. The minimum absolute atomic E-state index is 0.132. The minimum Gasteiger partial charge on any atom is -0.376 e. The molecule has 0 radical (unpaired) electrons. The van der Waals surface area contributed by atoms with E-state index < -0.39 is 20.9 Å². The van der Waals surface area contributed by atoms with E-state index in [9.17, 15) is 23.3 Å². The van der Waals surface area contributed by atoms with E-state index in [1.54, 1.807) is 23.9 Å². The molecule has 4 aromatic carbocycles. The van der Waals surface area contributed by atoms with E-state index in [2.05, 4.69) is 50.7 Å². The van der Waals surface area contributed by atoms with E-state index in [0.29, 0.717) is 5.75 Å². The molecular formula is C46H57ClN6O5S2. The van der Waals surface area contributed by atoms with Gasteiger partial charge in [-0.15, -0.1) is 11.8 Å². The van der Waals surface area contributed by atoms with Crippen molar-refractivity contribution in [2.45, 2.75) is 74.6 Å². The Bertz CT molecular complexity index is 2180. The van der Waals surface area contributed by atoms with Crippen molar-refractivity contribution < 1.29 is 18.1 Å². The van der Waals surface area contributed by atoms with E-state index in [4.69, 9.17) is 11.6 Å². The first-order valence-corrected chi connectivity index (χ1v) is 23.9. The van der Waals surface area contributed by atoms with Crippen molar-refractivity contribution in [2.75, 3.05) is 68.3 Å². The van der Waals surface area contributed by atoms with Gasteiger partial charge in [0.1, 0.15) is 5.69 Å². The highest BCUT2D eigenvalue weighted by molar-refractivity contribution is 7.99. The Hall–Kier alpha value is -4.40. The fourth-order valence-electron chi connectivity index (χ4n) is 8.03. The van der Waals surface area contributed by atoms with Crippen molar-refractivity contribution in [3.05, 3.63) is 129 Å². The van der Waals surface area contributed by atoms with Gasteiger partial charge in [0.2, 0.25) is 0 Å². The molecule has 1 aliphatic carbocycles. The summed E-state index contributed by atoms with van der Waals surface area (Å²) in [5.74, 6) is -0.154. The molecule has 0 bridgehead atoms. The number of anilines is 2. The quantitative estimate of drug-likeness (QED) is 0.0504. The predicted molar refractivity (Wildman–Crippen MR) is 246 cm³/mol. The molecule has 0 unspecified atom stereocenters. The van der Waals surface area contributed by atoms with Gasteiger partial charge in [-0.1, -0.05) is 61.4 Å². The van der Waals surface area contributed by atoms with Crippen LogP contribution in [0.25, 0.3) is 5.57 Å². The van der Waals surface area contributed by atoms with Crippen molar-refractivity contribution in [3.63, 3.8) is 0 Å². The molecular weight excluding hydrogens is 816 g/mol. The number of nitro groups is 1. The average molecular weight is 874 g/mol. The molecule has 0 saturated carbocycles. The zero-order valence-electron chi connectivity index (χ0n) is 34.7. The first-order valence-electron chi connectivity index (χ1n) is 21.1. The number of nitrogens with one attached hydrogen (secondary N) is 2. The number of benzene rings is 4. The molecule has 60 heavy (non-hydrogen) atoms. The number of piperazine rings is 1. The van der Waals surface area contributed by atoms with Gasteiger partial charge in [-0.25, -0.2) is 13.1 Å². The first kappa shape index (κ1) is 45.1. The Morgan fingerprint density at radius 2 is 1.57 bits per heavy atom. The molecule has 11 nitrogen and oxygen atoms in total. The molecule has 320 valence electrons. The third kappa shape index (κ3) is 12.6. The topological polar surface area (TPSA) is 128 Å². The third-order valence-electron chi connectivity index (χ3n) is 11.2. The Labute approximate surface area is 364 Å². The molecule has 1 atom stereocenters. The summed E-state index contributed by atoms with van der Waals surface area (Å²) >= 11 is 7.82. The van der Waals surface area contributed by atoms with Crippen LogP contribution in [-0.2, 0) is 10.0 Å². The van der Waals surface area contributed by atoms with Crippen molar-refractivity contribution in [2.24, 2.45) is 0 Å².